The summed E-state index contributed by atoms with van der Waals surface area (Å²) < 4.78 is 69.9. The van der Waals surface area contributed by atoms with E-state index >= 15 is 17.6 Å². The van der Waals surface area contributed by atoms with Crippen molar-refractivity contribution in [1.29, 1.82) is 0 Å². The van der Waals surface area contributed by atoms with Crippen LogP contribution in [0.3, 0.4) is 0 Å². The quantitative estimate of drug-likeness (QED) is 0.0454. The van der Waals surface area contributed by atoms with Crippen molar-refractivity contribution in [2.75, 3.05) is 6.61 Å². The second-order valence-corrected chi connectivity index (χ2v) is 14.8. The predicted octanol–water partition coefficient (Wildman–Crippen LogP) is 12.8. The molecule has 0 amide bonds. The molecule has 0 atom stereocenters. The summed E-state index contributed by atoms with van der Waals surface area (Å²) in [6.45, 7) is 1.70. The first-order chi connectivity index (χ1) is 29.1. The number of unbranched alkanes of at least 4 members (excludes halogenated alkanes) is 1. The Morgan fingerprint density at radius 2 is 0.950 bits per heavy atom. The summed E-state index contributed by atoms with van der Waals surface area (Å²) in [5.74, 6) is -7.75. The molecule has 2 aliphatic heterocycles. The van der Waals surface area contributed by atoms with Gasteiger partial charge in [-0.05, 0) is 108 Å². The molecule has 5 heterocycles. The maximum Gasteiger partial charge on any atom is 0.204 e. The molecular formula is C48H34F4N4O3S. The summed E-state index contributed by atoms with van der Waals surface area (Å²) in [4.78, 5) is 17.5. The van der Waals surface area contributed by atoms with Crippen LogP contribution in [0.25, 0.3) is 90.9 Å². The highest BCUT2D eigenvalue weighted by Gasteiger charge is 2.30. The van der Waals surface area contributed by atoms with Gasteiger partial charge in [0.25, 0.3) is 0 Å². The number of hydrogen-bond acceptors (Lipinski definition) is 6. The molecule has 7 aromatic rings. The van der Waals surface area contributed by atoms with Crippen LogP contribution in [0.15, 0.2) is 102 Å². The van der Waals surface area contributed by atoms with Crippen LogP contribution in [-0.2, 0) is 0 Å². The fourth-order valence-electron chi connectivity index (χ4n) is 7.64. The van der Waals surface area contributed by atoms with E-state index in [0.29, 0.717) is 84.7 Å². The zero-order valence-corrected chi connectivity index (χ0v) is 32.7. The molecule has 8 bridgehead atoms. The van der Waals surface area contributed by atoms with Gasteiger partial charge in [0.2, 0.25) is 11.6 Å². The van der Waals surface area contributed by atoms with Crippen molar-refractivity contribution in [1.82, 2.24) is 19.9 Å². The number of rotatable bonds is 8. The van der Waals surface area contributed by atoms with Gasteiger partial charge >= 0.3 is 0 Å². The van der Waals surface area contributed by atoms with E-state index in [4.69, 9.17) is 14.7 Å². The molecule has 0 spiro atoms. The minimum atomic E-state index is -1.67. The zero-order chi connectivity index (χ0) is 41.7. The minimum absolute atomic E-state index is 0.00850. The van der Waals surface area contributed by atoms with Crippen LogP contribution >= 0.6 is 12.6 Å². The Morgan fingerprint density at radius 3 is 1.38 bits per heavy atom. The fraction of sp³-hybridized carbons (Fsp3) is 0.0833. The van der Waals surface area contributed by atoms with Crippen LogP contribution < -0.4 is 4.74 Å². The third kappa shape index (κ3) is 6.88. The summed E-state index contributed by atoms with van der Waals surface area (Å²) >= 11 is 4.60. The molecule has 0 radical (unpaired) electrons. The normalized spacial score (nSPS) is 12.0. The SMILES string of the molecule is CCCCOc1c(F)c(F)c(-c2c3nc(c(-c4cccc(O)c4)c4ccc([nH]4)c(-c4cccc(O)c4)c4nc(c(-c5cccc(S)c5)c5ccc2[nH]5)C=C4)C=C3)c(F)c1F. The number of nitrogens with one attached hydrogen (secondary N) is 2. The van der Waals surface area contributed by atoms with Crippen LogP contribution in [0.4, 0.5) is 17.6 Å². The zero-order valence-electron chi connectivity index (χ0n) is 31.8. The Hall–Kier alpha value is -7.05. The monoisotopic (exact) mass is 822 g/mol. The molecule has 0 fully saturated rings. The summed E-state index contributed by atoms with van der Waals surface area (Å²) in [6, 6.07) is 27.6. The second-order valence-electron chi connectivity index (χ2n) is 14.3. The number of phenolic OH excluding ortho intramolecular Hbond substituents is 2. The van der Waals surface area contributed by atoms with Crippen molar-refractivity contribution in [3.8, 4) is 61.8 Å². The minimum Gasteiger partial charge on any atom is -0.508 e. The molecule has 298 valence electrons. The van der Waals surface area contributed by atoms with Crippen molar-refractivity contribution in [2.24, 2.45) is 0 Å². The highest BCUT2D eigenvalue weighted by Crippen LogP contribution is 2.42. The first-order valence-electron chi connectivity index (χ1n) is 19.1. The Morgan fingerprint density at radius 1 is 0.533 bits per heavy atom. The van der Waals surface area contributed by atoms with Crippen LogP contribution in [0.1, 0.15) is 42.5 Å². The van der Waals surface area contributed by atoms with Gasteiger partial charge in [0.1, 0.15) is 11.5 Å². The van der Waals surface area contributed by atoms with Gasteiger partial charge in [-0.25, -0.2) is 18.7 Å². The van der Waals surface area contributed by atoms with E-state index in [2.05, 4.69) is 22.6 Å². The molecule has 7 nitrogen and oxygen atoms in total. The predicted molar refractivity (Wildman–Crippen MR) is 231 cm³/mol. The average Bonchev–Trinajstić information content (AvgIpc) is 4.08. The number of H-pyrrole nitrogens is 2. The first-order valence-corrected chi connectivity index (χ1v) is 19.6. The van der Waals surface area contributed by atoms with Gasteiger partial charge in [0.15, 0.2) is 17.4 Å². The van der Waals surface area contributed by atoms with Gasteiger partial charge in [-0.2, -0.15) is 8.78 Å². The molecule has 4 N–H and O–H groups in total. The van der Waals surface area contributed by atoms with Crippen molar-refractivity contribution in [3.63, 3.8) is 0 Å². The van der Waals surface area contributed by atoms with Gasteiger partial charge in [0.05, 0.1) is 34.9 Å². The lowest BCUT2D eigenvalue weighted by Crippen LogP contribution is -2.08. The van der Waals surface area contributed by atoms with E-state index in [-0.39, 0.29) is 34.9 Å². The number of fused-ring (bicyclic) bond motifs is 8. The molecule has 2 aliphatic rings. The average molecular weight is 823 g/mol. The fourth-order valence-corrected chi connectivity index (χ4v) is 7.87. The molecule has 4 aromatic carbocycles. The van der Waals surface area contributed by atoms with E-state index in [9.17, 15) is 10.2 Å². The molecule has 0 saturated carbocycles. The molecule has 60 heavy (non-hydrogen) atoms. The standard InChI is InChI=1S/C48H34F4N4O3S/c1-2-3-21-59-48-46(51)44(49)43(45(50)47(48)52)42-37-19-17-34(55-37)40(26-8-5-11-29(58)23-26)33-14-13-31(53-33)39(25-7-4-10-28(57)22-25)32-15-16-35(54-32)41(36-18-20-38(42)56-36)27-9-6-12-30(60)24-27/h4-20,22-24,53,56-58,60H,2-3,21H2,1H3. The number of ether oxygens (including phenoxy) is 1. The Labute approximate surface area is 346 Å². The van der Waals surface area contributed by atoms with Crippen LogP contribution in [0.2, 0.25) is 0 Å². The molecule has 3 aromatic heterocycles. The van der Waals surface area contributed by atoms with E-state index in [1.807, 2.05) is 61.5 Å². The molecule has 0 aliphatic carbocycles. The number of phenols is 2. The van der Waals surface area contributed by atoms with Crippen molar-refractivity contribution in [2.45, 2.75) is 24.7 Å². The highest BCUT2D eigenvalue weighted by atomic mass is 32.1. The van der Waals surface area contributed by atoms with Gasteiger partial charge < -0.3 is 24.9 Å². The van der Waals surface area contributed by atoms with Crippen LogP contribution in [0, 0.1) is 23.3 Å². The number of hydrogen-bond donors (Lipinski definition) is 5. The smallest absolute Gasteiger partial charge is 0.204 e. The lowest BCUT2D eigenvalue weighted by Gasteiger charge is -2.14. The number of aromatic nitrogens is 4. The van der Waals surface area contributed by atoms with Gasteiger partial charge in [-0.3, -0.25) is 0 Å². The number of aromatic hydroxyl groups is 2. The van der Waals surface area contributed by atoms with Crippen LogP contribution in [-0.4, -0.2) is 36.8 Å². The van der Waals surface area contributed by atoms with Crippen molar-refractivity contribution >= 4 is 59.0 Å². The molecule has 9 rings (SSSR count). The summed E-state index contributed by atoms with van der Waals surface area (Å²) in [5, 5.41) is 21.2. The van der Waals surface area contributed by atoms with Crippen LogP contribution in [0.5, 0.6) is 17.2 Å². The molecule has 0 unspecified atom stereocenters. The summed E-state index contributed by atoms with van der Waals surface area (Å²) in [5.41, 5.74) is 5.52. The maximum absolute atomic E-state index is 16.5. The van der Waals surface area contributed by atoms with Crippen molar-refractivity contribution in [3.05, 3.63) is 143 Å². The Balaban J connectivity index is 1.47. The van der Waals surface area contributed by atoms with Gasteiger partial charge in [-0.15, -0.1) is 12.6 Å². The number of benzene rings is 4. The maximum atomic E-state index is 16.5. The largest absolute Gasteiger partial charge is 0.508 e. The number of halogens is 4. The molecular weight excluding hydrogens is 789 g/mol. The number of aromatic amines is 2. The molecule has 12 heteroatoms. The summed E-state index contributed by atoms with van der Waals surface area (Å²) in [7, 11) is 0. The number of nitrogens with zero attached hydrogens (tertiary/aromatic N) is 2. The van der Waals surface area contributed by atoms with E-state index < -0.39 is 34.6 Å². The third-order valence-electron chi connectivity index (χ3n) is 10.4. The first kappa shape index (κ1) is 38.5. The lowest BCUT2D eigenvalue weighted by molar-refractivity contribution is 0.267. The number of thiol groups is 1. The lowest BCUT2D eigenvalue weighted by atomic mass is 10.0. The summed E-state index contributed by atoms with van der Waals surface area (Å²) in [6.07, 6.45) is 7.87. The molecule has 0 saturated heterocycles. The second kappa shape index (κ2) is 15.6. The van der Waals surface area contributed by atoms with E-state index in [1.54, 1.807) is 54.6 Å². The highest BCUT2D eigenvalue weighted by molar-refractivity contribution is 7.80. The Bertz CT molecular complexity index is 3050. The van der Waals surface area contributed by atoms with E-state index in [0.717, 1.165) is 0 Å². The van der Waals surface area contributed by atoms with E-state index in [1.165, 1.54) is 12.1 Å². The third-order valence-corrected chi connectivity index (χ3v) is 10.7. The van der Waals surface area contributed by atoms with Gasteiger partial charge in [0, 0.05) is 49.2 Å². The topological polar surface area (TPSA) is 107 Å². The van der Waals surface area contributed by atoms with Gasteiger partial charge in [-0.1, -0.05) is 49.7 Å². The Kier molecular flexibility index (Phi) is 10.0. The van der Waals surface area contributed by atoms with Crippen molar-refractivity contribution < 1.29 is 32.5 Å².